The summed E-state index contributed by atoms with van der Waals surface area (Å²) < 4.78 is 2.55. The van der Waals surface area contributed by atoms with Crippen molar-refractivity contribution in [2.45, 2.75) is 6.04 Å². The minimum atomic E-state index is -0.340. The van der Waals surface area contributed by atoms with Gasteiger partial charge in [0.05, 0.1) is 22.4 Å². The van der Waals surface area contributed by atoms with Crippen molar-refractivity contribution < 1.29 is 0 Å². The number of nitrogens with one attached hydrogen (secondary N) is 1. The van der Waals surface area contributed by atoms with Crippen molar-refractivity contribution >= 4 is 39.1 Å². The Morgan fingerprint density at radius 1 is 1.39 bits per heavy atom. The third-order valence-corrected chi connectivity index (χ3v) is 3.94. The number of hydrogen-bond acceptors (Lipinski definition) is 3. The van der Waals surface area contributed by atoms with Crippen molar-refractivity contribution in [3.05, 3.63) is 50.2 Å². The molecular weight excluding hydrogens is 339 g/mol. The Bertz CT molecular complexity index is 530. The van der Waals surface area contributed by atoms with Gasteiger partial charge in [0, 0.05) is 22.7 Å². The van der Waals surface area contributed by atoms with Crippen LogP contribution < -0.4 is 11.3 Å². The van der Waals surface area contributed by atoms with Crippen LogP contribution in [0.5, 0.6) is 0 Å². The molecule has 0 fully saturated rings. The Labute approximate surface area is 123 Å². The van der Waals surface area contributed by atoms with E-state index in [2.05, 4.69) is 26.5 Å². The minimum absolute atomic E-state index is 0.340. The first-order valence-electron chi connectivity index (χ1n) is 5.13. The number of nitrogens with two attached hydrogens (primary N) is 1. The molecule has 1 atom stereocenters. The van der Waals surface area contributed by atoms with Crippen LogP contribution in [0.25, 0.3) is 0 Å². The number of hydrogen-bond donors (Lipinski definition) is 2. The van der Waals surface area contributed by atoms with Gasteiger partial charge < -0.3 is 0 Å². The van der Waals surface area contributed by atoms with Crippen molar-refractivity contribution in [2.75, 3.05) is 0 Å². The molecule has 0 aliphatic rings. The first kappa shape index (κ1) is 13.8. The smallest absolute Gasteiger partial charge is 0.0918 e. The largest absolute Gasteiger partial charge is 0.271 e. The quantitative estimate of drug-likeness (QED) is 0.661. The zero-order chi connectivity index (χ0) is 13.3. The molecular formula is C11H11BrCl2N4. The summed E-state index contributed by atoms with van der Waals surface area (Å²) in [4.78, 5) is 0. The highest BCUT2D eigenvalue weighted by atomic mass is 79.9. The third kappa shape index (κ3) is 2.41. The monoisotopic (exact) mass is 348 g/mol. The van der Waals surface area contributed by atoms with Gasteiger partial charge in [-0.25, -0.2) is 5.43 Å². The van der Waals surface area contributed by atoms with Gasteiger partial charge >= 0.3 is 0 Å². The van der Waals surface area contributed by atoms with E-state index in [0.29, 0.717) is 10.0 Å². The van der Waals surface area contributed by atoms with Gasteiger partial charge in [0.25, 0.3) is 0 Å². The zero-order valence-electron chi connectivity index (χ0n) is 9.49. The predicted octanol–water partition coefficient (Wildman–Crippen LogP) is 3.04. The fourth-order valence-electron chi connectivity index (χ4n) is 1.83. The van der Waals surface area contributed by atoms with Crippen molar-refractivity contribution in [2.24, 2.45) is 12.9 Å². The van der Waals surface area contributed by atoms with Crippen LogP contribution >= 0.6 is 39.1 Å². The molecule has 96 valence electrons. The number of aromatic nitrogens is 2. The molecule has 0 aliphatic heterocycles. The van der Waals surface area contributed by atoms with Crippen LogP contribution in [0, 0.1) is 0 Å². The molecule has 3 N–H and O–H groups in total. The van der Waals surface area contributed by atoms with Crippen LogP contribution in [0.15, 0.2) is 28.9 Å². The lowest BCUT2D eigenvalue weighted by atomic mass is 10.0. The lowest BCUT2D eigenvalue weighted by molar-refractivity contribution is 0.573. The molecule has 1 unspecified atom stereocenters. The van der Waals surface area contributed by atoms with E-state index in [9.17, 15) is 0 Å². The average molecular weight is 350 g/mol. The lowest BCUT2D eigenvalue weighted by Crippen LogP contribution is -2.31. The van der Waals surface area contributed by atoms with E-state index in [-0.39, 0.29) is 6.04 Å². The molecule has 18 heavy (non-hydrogen) atoms. The summed E-state index contributed by atoms with van der Waals surface area (Å²) in [5, 5.41) is 5.27. The average Bonchev–Trinajstić information content (AvgIpc) is 2.65. The van der Waals surface area contributed by atoms with Crippen LogP contribution in [0.3, 0.4) is 0 Å². The van der Waals surface area contributed by atoms with Gasteiger partial charge in [0.1, 0.15) is 0 Å². The van der Waals surface area contributed by atoms with Gasteiger partial charge in [-0.3, -0.25) is 10.5 Å². The standard InChI is InChI=1S/C11H11BrCl2N4/c1-18-11(6(12)5-16-18)10(17-15)9-7(13)3-2-4-8(9)14/h2-5,10,17H,15H2,1H3. The highest BCUT2D eigenvalue weighted by Crippen LogP contribution is 2.35. The van der Waals surface area contributed by atoms with Gasteiger partial charge in [-0.2, -0.15) is 5.10 Å². The second-order valence-electron chi connectivity index (χ2n) is 3.74. The molecule has 0 saturated heterocycles. The SMILES string of the molecule is Cn1ncc(Br)c1C(NN)c1c(Cl)cccc1Cl. The van der Waals surface area contributed by atoms with Crippen LogP contribution in [-0.2, 0) is 7.05 Å². The van der Waals surface area contributed by atoms with Gasteiger partial charge in [0.2, 0.25) is 0 Å². The van der Waals surface area contributed by atoms with Crippen molar-refractivity contribution in [1.29, 1.82) is 0 Å². The third-order valence-electron chi connectivity index (χ3n) is 2.67. The summed E-state index contributed by atoms with van der Waals surface area (Å²) in [5.41, 5.74) is 4.31. The van der Waals surface area contributed by atoms with Gasteiger partial charge in [-0.1, -0.05) is 29.3 Å². The Kier molecular flexibility index (Phi) is 4.29. The molecule has 1 aromatic carbocycles. The maximum atomic E-state index is 6.20. The molecule has 0 bridgehead atoms. The van der Waals surface area contributed by atoms with E-state index in [1.54, 1.807) is 29.1 Å². The second-order valence-corrected chi connectivity index (χ2v) is 5.41. The first-order valence-corrected chi connectivity index (χ1v) is 6.68. The fraction of sp³-hybridized carbons (Fsp3) is 0.182. The fourth-order valence-corrected chi connectivity index (χ4v) is 3.02. The highest BCUT2D eigenvalue weighted by molar-refractivity contribution is 9.10. The molecule has 2 aromatic rings. The number of benzene rings is 1. The molecule has 0 amide bonds. The molecule has 0 saturated carbocycles. The van der Waals surface area contributed by atoms with Gasteiger partial charge in [-0.15, -0.1) is 0 Å². The van der Waals surface area contributed by atoms with Gasteiger partial charge in [-0.05, 0) is 28.1 Å². The topological polar surface area (TPSA) is 55.9 Å². The second kappa shape index (κ2) is 5.59. The zero-order valence-corrected chi connectivity index (χ0v) is 12.6. The van der Waals surface area contributed by atoms with E-state index in [4.69, 9.17) is 29.0 Å². The van der Waals surface area contributed by atoms with E-state index in [1.165, 1.54) is 0 Å². The number of halogens is 3. The molecule has 0 aliphatic carbocycles. The lowest BCUT2D eigenvalue weighted by Gasteiger charge is -2.20. The first-order chi connectivity index (χ1) is 8.56. The molecule has 1 aromatic heterocycles. The Morgan fingerprint density at radius 2 is 2.00 bits per heavy atom. The molecule has 7 heteroatoms. The van der Waals surface area contributed by atoms with Crippen LogP contribution in [0.2, 0.25) is 10.0 Å². The van der Waals surface area contributed by atoms with Gasteiger partial charge in [0.15, 0.2) is 0 Å². The summed E-state index contributed by atoms with van der Waals surface area (Å²) in [6.07, 6.45) is 1.70. The van der Waals surface area contributed by atoms with Crippen LogP contribution in [0.4, 0.5) is 0 Å². The molecule has 0 radical (unpaired) electrons. The Morgan fingerprint density at radius 3 is 2.44 bits per heavy atom. The van der Waals surface area contributed by atoms with Crippen LogP contribution in [0.1, 0.15) is 17.3 Å². The Balaban J connectivity index is 2.59. The Hall–Kier alpha value is -0.590. The predicted molar refractivity (Wildman–Crippen MR) is 76.5 cm³/mol. The number of rotatable bonds is 3. The summed E-state index contributed by atoms with van der Waals surface area (Å²) in [6.45, 7) is 0. The molecule has 2 rings (SSSR count). The van der Waals surface area contributed by atoms with Crippen molar-refractivity contribution in [3.8, 4) is 0 Å². The van der Waals surface area contributed by atoms with E-state index >= 15 is 0 Å². The minimum Gasteiger partial charge on any atom is -0.271 e. The van der Waals surface area contributed by atoms with Crippen molar-refractivity contribution in [1.82, 2.24) is 15.2 Å². The summed E-state index contributed by atoms with van der Waals surface area (Å²) in [5.74, 6) is 5.64. The summed E-state index contributed by atoms with van der Waals surface area (Å²) in [7, 11) is 1.83. The number of hydrazine groups is 1. The normalized spacial score (nSPS) is 12.7. The molecule has 4 nitrogen and oxygen atoms in total. The highest BCUT2D eigenvalue weighted by Gasteiger charge is 2.23. The number of aryl methyl sites for hydroxylation is 1. The number of nitrogens with zero attached hydrogens (tertiary/aromatic N) is 2. The molecule has 1 heterocycles. The maximum Gasteiger partial charge on any atom is 0.0918 e. The van der Waals surface area contributed by atoms with Crippen LogP contribution in [-0.4, -0.2) is 9.78 Å². The van der Waals surface area contributed by atoms with Crippen molar-refractivity contribution in [3.63, 3.8) is 0 Å². The maximum absolute atomic E-state index is 6.20. The van der Waals surface area contributed by atoms with E-state index < -0.39 is 0 Å². The van der Waals surface area contributed by atoms with E-state index in [1.807, 2.05) is 7.05 Å². The summed E-state index contributed by atoms with van der Waals surface area (Å²) in [6, 6.07) is 5.00. The van der Waals surface area contributed by atoms with E-state index in [0.717, 1.165) is 15.7 Å². The summed E-state index contributed by atoms with van der Waals surface area (Å²) >= 11 is 15.8. The molecule has 0 spiro atoms.